The van der Waals surface area contributed by atoms with Crippen LogP contribution in [-0.4, -0.2) is 19.7 Å². The second-order valence-corrected chi connectivity index (χ2v) is 5.56. The van der Waals surface area contributed by atoms with Gasteiger partial charge in [-0.1, -0.05) is 18.2 Å². The van der Waals surface area contributed by atoms with Crippen molar-refractivity contribution in [3.63, 3.8) is 0 Å². The molecule has 0 aliphatic heterocycles. The van der Waals surface area contributed by atoms with Gasteiger partial charge >= 0.3 is 0 Å². The lowest BCUT2D eigenvalue weighted by molar-refractivity contribution is 0.602. The number of sulfone groups is 1. The van der Waals surface area contributed by atoms with Crippen LogP contribution in [0.25, 0.3) is 11.1 Å². The zero-order valence-electron chi connectivity index (χ0n) is 9.20. The van der Waals surface area contributed by atoms with Gasteiger partial charge in [0.05, 0.1) is 4.90 Å². The fourth-order valence-electron chi connectivity index (χ4n) is 1.44. The van der Waals surface area contributed by atoms with Gasteiger partial charge in [-0.25, -0.2) is 8.42 Å². The van der Waals surface area contributed by atoms with E-state index in [9.17, 15) is 8.42 Å². The number of benzene rings is 1. The van der Waals surface area contributed by atoms with E-state index in [0.29, 0.717) is 4.90 Å². The summed E-state index contributed by atoms with van der Waals surface area (Å²) in [7, 11) is -3.15. The Kier molecular flexibility index (Phi) is 4.26. The summed E-state index contributed by atoms with van der Waals surface area (Å²) in [6.07, 6.45) is 4.60. The topological polar surface area (TPSA) is 47.0 Å². The van der Waals surface area contributed by atoms with E-state index in [2.05, 4.69) is 4.98 Å². The zero-order valence-corrected chi connectivity index (χ0v) is 10.8. The summed E-state index contributed by atoms with van der Waals surface area (Å²) in [6.45, 7) is 0. The number of rotatable bonds is 2. The SMILES string of the molecule is CS(=O)(=O)c1cccc(-c2cccnc2)c1.Cl. The van der Waals surface area contributed by atoms with E-state index in [1.807, 2.05) is 18.2 Å². The first-order valence-corrected chi connectivity index (χ1v) is 6.67. The number of hydrogen-bond donors (Lipinski definition) is 0. The molecule has 0 atom stereocenters. The van der Waals surface area contributed by atoms with E-state index < -0.39 is 9.84 Å². The van der Waals surface area contributed by atoms with E-state index in [1.54, 1.807) is 30.6 Å². The molecule has 0 amide bonds. The highest BCUT2D eigenvalue weighted by molar-refractivity contribution is 7.90. The molecule has 0 bridgehead atoms. The predicted molar refractivity (Wildman–Crippen MR) is 70.0 cm³/mol. The van der Waals surface area contributed by atoms with Gasteiger partial charge in [0, 0.05) is 24.2 Å². The molecule has 0 saturated carbocycles. The van der Waals surface area contributed by atoms with E-state index in [-0.39, 0.29) is 12.4 Å². The third-order valence-corrected chi connectivity index (χ3v) is 3.37. The van der Waals surface area contributed by atoms with Gasteiger partial charge < -0.3 is 0 Å². The summed E-state index contributed by atoms with van der Waals surface area (Å²) in [5.74, 6) is 0. The van der Waals surface area contributed by atoms with Crippen LogP contribution in [0.1, 0.15) is 0 Å². The number of pyridine rings is 1. The van der Waals surface area contributed by atoms with Gasteiger partial charge in [0.15, 0.2) is 9.84 Å². The van der Waals surface area contributed by atoms with Crippen molar-refractivity contribution in [2.45, 2.75) is 4.90 Å². The summed E-state index contributed by atoms with van der Waals surface area (Å²) >= 11 is 0. The number of halogens is 1. The standard InChI is InChI=1S/C12H11NO2S.ClH/c1-16(14,15)12-6-2-4-10(8-12)11-5-3-7-13-9-11;/h2-9H,1H3;1H. The average Bonchev–Trinajstić information content (AvgIpc) is 2.29. The Balaban J connectivity index is 0.00000144. The Morgan fingerprint density at radius 2 is 1.76 bits per heavy atom. The monoisotopic (exact) mass is 269 g/mol. The third-order valence-electron chi connectivity index (χ3n) is 2.26. The highest BCUT2D eigenvalue weighted by atomic mass is 35.5. The van der Waals surface area contributed by atoms with Gasteiger partial charge in [-0.15, -0.1) is 12.4 Å². The normalized spacial score (nSPS) is 10.6. The van der Waals surface area contributed by atoms with Crippen molar-refractivity contribution < 1.29 is 8.42 Å². The molecule has 17 heavy (non-hydrogen) atoms. The maximum atomic E-state index is 11.4. The Hall–Kier alpha value is -1.39. The molecule has 0 aliphatic carbocycles. The van der Waals surface area contributed by atoms with Crippen LogP contribution >= 0.6 is 12.4 Å². The van der Waals surface area contributed by atoms with Crippen molar-refractivity contribution in [3.8, 4) is 11.1 Å². The molecule has 0 saturated heterocycles. The lowest BCUT2D eigenvalue weighted by Gasteiger charge is -2.03. The van der Waals surface area contributed by atoms with Crippen molar-refractivity contribution in [2.24, 2.45) is 0 Å². The van der Waals surface area contributed by atoms with Gasteiger partial charge in [-0.3, -0.25) is 4.98 Å². The predicted octanol–water partition coefficient (Wildman–Crippen LogP) is 2.57. The first-order valence-electron chi connectivity index (χ1n) is 4.78. The minimum atomic E-state index is -3.15. The van der Waals surface area contributed by atoms with Crippen LogP contribution in [0.4, 0.5) is 0 Å². The molecule has 0 N–H and O–H groups in total. The van der Waals surface area contributed by atoms with Crippen LogP contribution in [0.2, 0.25) is 0 Å². The van der Waals surface area contributed by atoms with Crippen LogP contribution in [0, 0.1) is 0 Å². The van der Waals surface area contributed by atoms with Crippen molar-refractivity contribution >= 4 is 22.2 Å². The molecular weight excluding hydrogens is 258 g/mol. The minimum absolute atomic E-state index is 0. The highest BCUT2D eigenvalue weighted by Gasteiger charge is 2.07. The van der Waals surface area contributed by atoms with Crippen molar-refractivity contribution in [3.05, 3.63) is 48.8 Å². The minimum Gasteiger partial charge on any atom is -0.264 e. The molecule has 1 aromatic heterocycles. The van der Waals surface area contributed by atoms with E-state index in [0.717, 1.165) is 11.1 Å². The Morgan fingerprint density at radius 3 is 2.35 bits per heavy atom. The van der Waals surface area contributed by atoms with E-state index in [4.69, 9.17) is 0 Å². The van der Waals surface area contributed by atoms with Gasteiger partial charge in [-0.2, -0.15) is 0 Å². The Bertz CT molecular complexity index is 597. The van der Waals surface area contributed by atoms with Crippen LogP contribution in [0.5, 0.6) is 0 Å². The van der Waals surface area contributed by atoms with Gasteiger partial charge in [0.1, 0.15) is 0 Å². The maximum Gasteiger partial charge on any atom is 0.175 e. The molecule has 2 aromatic rings. The van der Waals surface area contributed by atoms with Gasteiger partial charge in [0.2, 0.25) is 0 Å². The van der Waals surface area contributed by atoms with Crippen LogP contribution in [-0.2, 0) is 9.84 Å². The molecule has 0 unspecified atom stereocenters. The summed E-state index contributed by atoms with van der Waals surface area (Å²) in [4.78, 5) is 4.33. The fraction of sp³-hybridized carbons (Fsp3) is 0.0833. The fourth-order valence-corrected chi connectivity index (χ4v) is 2.11. The largest absolute Gasteiger partial charge is 0.264 e. The molecule has 3 nitrogen and oxygen atoms in total. The molecule has 1 heterocycles. The zero-order chi connectivity index (χ0) is 11.6. The van der Waals surface area contributed by atoms with Crippen molar-refractivity contribution in [1.82, 2.24) is 4.98 Å². The van der Waals surface area contributed by atoms with Gasteiger partial charge in [-0.05, 0) is 23.8 Å². The molecule has 90 valence electrons. The lowest BCUT2D eigenvalue weighted by atomic mass is 10.1. The highest BCUT2D eigenvalue weighted by Crippen LogP contribution is 2.21. The summed E-state index contributed by atoms with van der Waals surface area (Å²) in [5.41, 5.74) is 1.77. The van der Waals surface area contributed by atoms with Crippen LogP contribution in [0.3, 0.4) is 0 Å². The number of aromatic nitrogens is 1. The summed E-state index contributed by atoms with van der Waals surface area (Å²) in [5, 5.41) is 0. The van der Waals surface area contributed by atoms with Crippen molar-refractivity contribution in [2.75, 3.05) is 6.26 Å². The molecule has 0 aliphatic rings. The first kappa shape index (κ1) is 13.7. The number of hydrogen-bond acceptors (Lipinski definition) is 3. The molecular formula is C12H12ClNO2S. The number of nitrogens with zero attached hydrogens (tertiary/aromatic N) is 1. The quantitative estimate of drug-likeness (QED) is 0.842. The van der Waals surface area contributed by atoms with E-state index in [1.165, 1.54) is 6.26 Å². The Labute approximate surface area is 107 Å². The molecule has 2 rings (SSSR count). The third kappa shape index (κ3) is 3.28. The maximum absolute atomic E-state index is 11.4. The Morgan fingerprint density at radius 1 is 1.06 bits per heavy atom. The summed E-state index contributed by atoms with van der Waals surface area (Å²) < 4.78 is 22.8. The van der Waals surface area contributed by atoms with Crippen LogP contribution in [0.15, 0.2) is 53.7 Å². The molecule has 1 aromatic carbocycles. The summed E-state index contributed by atoms with van der Waals surface area (Å²) in [6, 6.07) is 10.6. The van der Waals surface area contributed by atoms with Crippen molar-refractivity contribution in [1.29, 1.82) is 0 Å². The second kappa shape index (κ2) is 5.29. The van der Waals surface area contributed by atoms with Crippen LogP contribution < -0.4 is 0 Å². The molecule has 0 radical (unpaired) electrons. The molecule has 5 heteroatoms. The van der Waals surface area contributed by atoms with Gasteiger partial charge in [0.25, 0.3) is 0 Å². The second-order valence-electron chi connectivity index (χ2n) is 3.54. The average molecular weight is 270 g/mol. The first-order chi connectivity index (χ1) is 7.57. The van der Waals surface area contributed by atoms with E-state index >= 15 is 0 Å². The smallest absolute Gasteiger partial charge is 0.175 e. The lowest BCUT2D eigenvalue weighted by Crippen LogP contribution is -1.96. The molecule has 0 spiro atoms. The molecule has 0 fully saturated rings.